The van der Waals surface area contributed by atoms with Crippen molar-refractivity contribution < 1.29 is 14.6 Å². The summed E-state index contributed by atoms with van der Waals surface area (Å²) in [4.78, 5) is 13.6. The summed E-state index contributed by atoms with van der Waals surface area (Å²) in [6.45, 7) is 5.02. The van der Waals surface area contributed by atoms with Crippen LogP contribution in [-0.4, -0.2) is 41.2 Å². The van der Waals surface area contributed by atoms with E-state index in [1.807, 2.05) is 32.0 Å². The minimum atomic E-state index is -0.745. The topological polar surface area (TPSA) is 75.8 Å². The molecule has 1 aromatic carbocycles. The van der Waals surface area contributed by atoms with Crippen LogP contribution in [0, 0.1) is 5.92 Å². The molecule has 1 amide bonds. The average Bonchev–Trinajstić information content (AvgIpc) is 2.41. The Morgan fingerprint density at radius 2 is 2.10 bits per heavy atom. The largest absolute Gasteiger partial charge is 0.483 e. The number of amides is 1. The number of carbonyl (C=O) groups excluding carboxylic acids is 1. The number of ether oxygens (including phenoxy) is 1. The van der Waals surface area contributed by atoms with Gasteiger partial charge in [0.15, 0.2) is 6.61 Å². The van der Waals surface area contributed by atoms with E-state index in [0.717, 1.165) is 5.56 Å². The maximum atomic E-state index is 12.0. The summed E-state index contributed by atoms with van der Waals surface area (Å²) >= 11 is 0. The van der Waals surface area contributed by atoms with Crippen LogP contribution in [0.5, 0.6) is 5.75 Å². The quantitative estimate of drug-likeness (QED) is 0.833. The van der Waals surface area contributed by atoms with Crippen molar-refractivity contribution in [1.29, 1.82) is 0 Å². The van der Waals surface area contributed by atoms with E-state index in [2.05, 4.69) is 0 Å². The third-order valence-corrected chi connectivity index (χ3v) is 3.90. The zero-order chi connectivity index (χ0) is 14.8. The van der Waals surface area contributed by atoms with E-state index in [1.165, 1.54) is 0 Å². The molecule has 1 aliphatic heterocycles. The average molecular weight is 278 g/mol. The van der Waals surface area contributed by atoms with E-state index in [0.29, 0.717) is 25.4 Å². The van der Waals surface area contributed by atoms with Crippen molar-refractivity contribution in [2.45, 2.75) is 26.0 Å². The van der Waals surface area contributed by atoms with Gasteiger partial charge in [-0.3, -0.25) is 4.79 Å². The molecule has 0 radical (unpaired) electrons. The van der Waals surface area contributed by atoms with Gasteiger partial charge in [0.1, 0.15) is 11.4 Å². The fourth-order valence-corrected chi connectivity index (χ4v) is 2.20. The molecule has 0 aliphatic carbocycles. The molecule has 1 fully saturated rings. The number of para-hydroxylation sites is 1. The molecule has 1 aliphatic rings. The Balaban J connectivity index is 1.85. The normalized spacial score (nSPS) is 16.9. The Kier molecular flexibility index (Phi) is 4.30. The Morgan fingerprint density at radius 3 is 2.70 bits per heavy atom. The Labute approximate surface area is 119 Å². The van der Waals surface area contributed by atoms with Gasteiger partial charge in [-0.1, -0.05) is 32.0 Å². The number of β-amino-alcohol motifs (C(OH)–C–C–N with tert-alkyl or cyclic N) is 1. The SMILES string of the molecule is CC(C)C1(O)CN(C(=O)COc2ccccc2CN)C1. The highest BCUT2D eigenvalue weighted by atomic mass is 16.5. The van der Waals surface area contributed by atoms with Gasteiger partial charge < -0.3 is 20.5 Å². The second-order valence-electron chi connectivity index (χ2n) is 5.61. The van der Waals surface area contributed by atoms with Gasteiger partial charge in [-0.05, 0) is 12.0 Å². The minimum Gasteiger partial charge on any atom is -0.483 e. The molecule has 5 heteroatoms. The van der Waals surface area contributed by atoms with Gasteiger partial charge in [0.05, 0.1) is 13.1 Å². The van der Waals surface area contributed by atoms with Crippen molar-refractivity contribution in [3.8, 4) is 5.75 Å². The fraction of sp³-hybridized carbons (Fsp3) is 0.533. The van der Waals surface area contributed by atoms with E-state index >= 15 is 0 Å². The van der Waals surface area contributed by atoms with Crippen molar-refractivity contribution in [2.75, 3.05) is 19.7 Å². The molecule has 0 spiro atoms. The Morgan fingerprint density at radius 1 is 1.45 bits per heavy atom. The molecule has 110 valence electrons. The van der Waals surface area contributed by atoms with Gasteiger partial charge >= 0.3 is 0 Å². The number of aliphatic hydroxyl groups is 1. The van der Waals surface area contributed by atoms with Gasteiger partial charge in [0, 0.05) is 12.1 Å². The molecule has 0 aromatic heterocycles. The van der Waals surface area contributed by atoms with E-state index in [1.54, 1.807) is 11.0 Å². The van der Waals surface area contributed by atoms with Crippen molar-refractivity contribution in [1.82, 2.24) is 4.90 Å². The number of carbonyl (C=O) groups is 1. The fourth-order valence-electron chi connectivity index (χ4n) is 2.20. The van der Waals surface area contributed by atoms with Crippen LogP contribution in [0.4, 0.5) is 0 Å². The molecule has 0 atom stereocenters. The molecular formula is C15H22N2O3. The summed E-state index contributed by atoms with van der Waals surface area (Å²) in [6.07, 6.45) is 0. The molecule has 2 rings (SSSR count). The molecule has 5 nitrogen and oxygen atoms in total. The lowest BCUT2D eigenvalue weighted by Crippen LogP contribution is -2.66. The first-order chi connectivity index (χ1) is 9.46. The van der Waals surface area contributed by atoms with Crippen LogP contribution in [0.15, 0.2) is 24.3 Å². The van der Waals surface area contributed by atoms with E-state index in [4.69, 9.17) is 10.5 Å². The number of rotatable bonds is 5. The number of nitrogens with zero attached hydrogens (tertiary/aromatic N) is 1. The van der Waals surface area contributed by atoms with E-state index in [9.17, 15) is 9.90 Å². The molecule has 1 aromatic rings. The van der Waals surface area contributed by atoms with Gasteiger partial charge in [0.2, 0.25) is 0 Å². The maximum Gasteiger partial charge on any atom is 0.260 e. The number of benzene rings is 1. The Bertz CT molecular complexity index is 482. The van der Waals surface area contributed by atoms with Crippen molar-refractivity contribution >= 4 is 5.91 Å². The first-order valence-corrected chi connectivity index (χ1v) is 6.87. The molecule has 3 N–H and O–H groups in total. The molecule has 1 heterocycles. The van der Waals surface area contributed by atoms with Crippen LogP contribution >= 0.6 is 0 Å². The summed E-state index contributed by atoms with van der Waals surface area (Å²) in [5.41, 5.74) is 5.75. The zero-order valence-electron chi connectivity index (χ0n) is 12.0. The summed E-state index contributed by atoms with van der Waals surface area (Å²) in [5, 5.41) is 10.1. The highest BCUT2D eigenvalue weighted by Gasteiger charge is 2.45. The smallest absolute Gasteiger partial charge is 0.260 e. The molecule has 0 bridgehead atoms. The van der Waals surface area contributed by atoms with Gasteiger partial charge in [-0.15, -0.1) is 0 Å². The summed E-state index contributed by atoms with van der Waals surface area (Å²) < 4.78 is 5.52. The molecule has 0 unspecified atom stereocenters. The lowest BCUT2D eigenvalue weighted by molar-refractivity contribution is -0.165. The maximum absolute atomic E-state index is 12.0. The van der Waals surface area contributed by atoms with Crippen LogP contribution in [-0.2, 0) is 11.3 Å². The van der Waals surface area contributed by atoms with E-state index in [-0.39, 0.29) is 18.4 Å². The van der Waals surface area contributed by atoms with Crippen molar-refractivity contribution in [2.24, 2.45) is 11.7 Å². The monoisotopic (exact) mass is 278 g/mol. The zero-order valence-corrected chi connectivity index (χ0v) is 12.0. The number of hydrogen-bond acceptors (Lipinski definition) is 4. The second-order valence-corrected chi connectivity index (χ2v) is 5.61. The standard InChI is InChI=1S/C15H22N2O3/c1-11(2)15(19)9-17(10-15)14(18)8-20-13-6-4-3-5-12(13)7-16/h3-6,11,19H,7-10,16H2,1-2H3. The van der Waals surface area contributed by atoms with Crippen molar-refractivity contribution in [3.63, 3.8) is 0 Å². The van der Waals surface area contributed by atoms with Crippen LogP contribution in [0.3, 0.4) is 0 Å². The summed E-state index contributed by atoms with van der Waals surface area (Å²) in [7, 11) is 0. The van der Waals surface area contributed by atoms with Gasteiger partial charge in [-0.2, -0.15) is 0 Å². The predicted octanol–water partition coefficient (Wildman–Crippen LogP) is 0.753. The summed E-state index contributed by atoms with van der Waals surface area (Å²) in [6, 6.07) is 7.41. The second kappa shape index (κ2) is 5.81. The molecule has 0 saturated carbocycles. The number of hydrogen-bond donors (Lipinski definition) is 2. The third kappa shape index (κ3) is 2.94. The number of likely N-dealkylation sites (tertiary alicyclic amines) is 1. The first-order valence-electron chi connectivity index (χ1n) is 6.87. The van der Waals surface area contributed by atoms with Crippen LogP contribution in [0.25, 0.3) is 0 Å². The lowest BCUT2D eigenvalue weighted by atomic mass is 9.83. The molecule has 1 saturated heterocycles. The van der Waals surface area contributed by atoms with Gasteiger partial charge in [0.25, 0.3) is 5.91 Å². The highest BCUT2D eigenvalue weighted by Crippen LogP contribution is 2.28. The minimum absolute atomic E-state index is 0.0226. The van der Waals surface area contributed by atoms with Crippen LogP contribution in [0.1, 0.15) is 19.4 Å². The molecule has 20 heavy (non-hydrogen) atoms. The van der Waals surface area contributed by atoms with Gasteiger partial charge in [-0.25, -0.2) is 0 Å². The lowest BCUT2D eigenvalue weighted by Gasteiger charge is -2.48. The van der Waals surface area contributed by atoms with E-state index < -0.39 is 5.60 Å². The number of nitrogens with two attached hydrogens (primary N) is 1. The predicted molar refractivity (Wildman–Crippen MR) is 76.2 cm³/mol. The highest BCUT2D eigenvalue weighted by molar-refractivity contribution is 5.79. The molecular weight excluding hydrogens is 256 g/mol. The Hall–Kier alpha value is -1.59. The van der Waals surface area contributed by atoms with Crippen LogP contribution in [0.2, 0.25) is 0 Å². The first kappa shape index (κ1) is 14.8. The van der Waals surface area contributed by atoms with Crippen molar-refractivity contribution in [3.05, 3.63) is 29.8 Å². The third-order valence-electron chi connectivity index (χ3n) is 3.90. The van der Waals surface area contributed by atoms with Crippen LogP contribution < -0.4 is 10.5 Å². The summed E-state index contributed by atoms with van der Waals surface area (Å²) in [5.74, 6) is 0.676.